The van der Waals surface area contributed by atoms with Gasteiger partial charge in [-0.15, -0.1) is 0 Å². The van der Waals surface area contributed by atoms with Crippen LogP contribution in [-0.2, 0) is 17.6 Å². The van der Waals surface area contributed by atoms with Crippen molar-refractivity contribution >= 4 is 11.6 Å². The second-order valence-corrected chi connectivity index (χ2v) is 6.07. The van der Waals surface area contributed by atoms with E-state index in [-0.39, 0.29) is 0 Å². The number of carbonyl (C=O) groups excluding carboxylic acids is 1. The Bertz CT molecular complexity index is 522. The molecule has 0 spiro atoms. The van der Waals surface area contributed by atoms with Gasteiger partial charge in [-0.3, -0.25) is 4.79 Å². The molecule has 0 fully saturated rings. The van der Waals surface area contributed by atoms with Gasteiger partial charge in [0.05, 0.1) is 5.69 Å². The Morgan fingerprint density at radius 3 is 2.53 bits per heavy atom. The average molecular weight is 258 g/mol. The minimum absolute atomic E-state index is 0.290. The lowest BCUT2D eigenvalue weighted by atomic mass is 9.85. The van der Waals surface area contributed by atoms with Gasteiger partial charge in [-0.05, 0) is 47.9 Å². The molecule has 3 heteroatoms. The number of hydrogen-bond donors (Lipinski definition) is 1. The van der Waals surface area contributed by atoms with Crippen LogP contribution in [0.15, 0.2) is 12.1 Å². The Balaban J connectivity index is 2.06. The lowest BCUT2D eigenvalue weighted by Crippen LogP contribution is -2.33. The minimum Gasteiger partial charge on any atom is -0.330 e. The normalized spacial score (nSPS) is 18.9. The van der Waals surface area contributed by atoms with Gasteiger partial charge in [0.2, 0.25) is 5.91 Å². The van der Waals surface area contributed by atoms with E-state index in [1.165, 1.54) is 22.4 Å². The van der Waals surface area contributed by atoms with Gasteiger partial charge < -0.3 is 10.6 Å². The molecule has 1 aromatic carbocycles. The summed E-state index contributed by atoms with van der Waals surface area (Å²) in [5.41, 5.74) is 11.2. The maximum Gasteiger partial charge on any atom is 0.227 e. The summed E-state index contributed by atoms with van der Waals surface area (Å²) >= 11 is 0. The van der Waals surface area contributed by atoms with Crippen LogP contribution in [-0.4, -0.2) is 19.0 Å². The van der Waals surface area contributed by atoms with Crippen molar-refractivity contribution in [1.82, 2.24) is 0 Å². The fourth-order valence-electron chi connectivity index (χ4n) is 3.49. The molecule has 1 atom stereocenters. The Morgan fingerprint density at radius 1 is 1.21 bits per heavy atom. The number of anilines is 1. The van der Waals surface area contributed by atoms with Gasteiger partial charge in [0.15, 0.2) is 0 Å². The Morgan fingerprint density at radius 2 is 1.89 bits per heavy atom. The molecule has 1 aromatic rings. The highest BCUT2D eigenvalue weighted by Crippen LogP contribution is 2.39. The van der Waals surface area contributed by atoms with E-state index >= 15 is 0 Å². The summed E-state index contributed by atoms with van der Waals surface area (Å²) in [7, 11) is 0. The summed E-state index contributed by atoms with van der Waals surface area (Å²) in [6.07, 6.45) is 2.54. The number of rotatable bonds is 3. The molecule has 0 saturated carbocycles. The fourth-order valence-corrected chi connectivity index (χ4v) is 3.49. The summed E-state index contributed by atoms with van der Waals surface area (Å²) in [5, 5.41) is 0. The Hall–Kier alpha value is -1.35. The summed E-state index contributed by atoms with van der Waals surface area (Å²) < 4.78 is 0. The second-order valence-electron chi connectivity index (χ2n) is 6.07. The van der Waals surface area contributed by atoms with Crippen LogP contribution < -0.4 is 10.6 Å². The highest BCUT2D eigenvalue weighted by molar-refractivity contribution is 5.98. The molecule has 3 nitrogen and oxygen atoms in total. The predicted octanol–water partition coefficient (Wildman–Crippen LogP) is 2.22. The molecule has 2 aliphatic rings. The van der Waals surface area contributed by atoms with E-state index in [1.54, 1.807) is 0 Å². The molecule has 1 amide bonds. The molecule has 0 aliphatic carbocycles. The van der Waals surface area contributed by atoms with E-state index in [0.717, 1.165) is 19.4 Å². The standard InChI is InChI=1S/C16H22N2O/c1-10(2)14(9-17)13-7-11-3-4-15(19)18-6-5-12(8-13)16(11)18/h7-8,10,14H,3-6,9,17H2,1-2H3. The zero-order valence-electron chi connectivity index (χ0n) is 11.8. The SMILES string of the molecule is CC(C)C(CN)c1cc2c3c(c1)CCN3C(=O)CC2. The van der Waals surface area contributed by atoms with Crippen LogP contribution in [0.4, 0.5) is 5.69 Å². The predicted molar refractivity (Wildman–Crippen MR) is 77.5 cm³/mol. The molecule has 1 unspecified atom stereocenters. The third-order valence-electron chi connectivity index (χ3n) is 4.56. The first-order valence-electron chi connectivity index (χ1n) is 7.28. The van der Waals surface area contributed by atoms with E-state index in [0.29, 0.717) is 30.7 Å². The molecule has 102 valence electrons. The first-order chi connectivity index (χ1) is 9.11. The largest absolute Gasteiger partial charge is 0.330 e. The van der Waals surface area contributed by atoms with E-state index in [1.807, 2.05) is 4.90 Å². The van der Waals surface area contributed by atoms with Crippen molar-refractivity contribution in [3.63, 3.8) is 0 Å². The maximum atomic E-state index is 11.9. The van der Waals surface area contributed by atoms with E-state index in [2.05, 4.69) is 26.0 Å². The summed E-state index contributed by atoms with van der Waals surface area (Å²) in [6.45, 7) is 6.01. The number of carbonyl (C=O) groups is 1. The summed E-state index contributed by atoms with van der Waals surface area (Å²) in [5.74, 6) is 1.27. The van der Waals surface area contributed by atoms with E-state index in [4.69, 9.17) is 5.73 Å². The molecule has 0 radical (unpaired) electrons. The summed E-state index contributed by atoms with van der Waals surface area (Å²) in [4.78, 5) is 13.9. The molecule has 0 aromatic heterocycles. The van der Waals surface area contributed by atoms with Gasteiger partial charge in [0.25, 0.3) is 0 Å². The number of amides is 1. The van der Waals surface area contributed by atoms with Gasteiger partial charge in [-0.2, -0.15) is 0 Å². The number of nitrogens with two attached hydrogens (primary N) is 1. The van der Waals surface area contributed by atoms with Crippen LogP contribution in [0.1, 0.15) is 42.9 Å². The van der Waals surface area contributed by atoms with Crippen molar-refractivity contribution in [2.24, 2.45) is 11.7 Å². The number of hydrogen-bond acceptors (Lipinski definition) is 2. The monoisotopic (exact) mass is 258 g/mol. The fraction of sp³-hybridized carbons (Fsp3) is 0.562. The van der Waals surface area contributed by atoms with Crippen molar-refractivity contribution in [2.45, 2.75) is 39.0 Å². The number of aryl methyl sites for hydroxylation is 1. The lowest BCUT2D eigenvalue weighted by molar-refractivity contribution is -0.118. The molecular formula is C16H22N2O. The maximum absolute atomic E-state index is 11.9. The molecule has 0 saturated heterocycles. The molecular weight excluding hydrogens is 236 g/mol. The third kappa shape index (κ3) is 1.96. The van der Waals surface area contributed by atoms with Gasteiger partial charge >= 0.3 is 0 Å². The van der Waals surface area contributed by atoms with Crippen molar-refractivity contribution in [3.05, 3.63) is 28.8 Å². The first-order valence-corrected chi connectivity index (χ1v) is 7.28. The van der Waals surface area contributed by atoms with Gasteiger partial charge in [-0.25, -0.2) is 0 Å². The minimum atomic E-state index is 0.290. The molecule has 2 aliphatic heterocycles. The molecule has 0 bridgehead atoms. The number of benzene rings is 1. The quantitative estimate of drug-likeness (QED) is 0.903. The Kier molecular flexibility index (Phi) is 3.09. The smallest absolute Gasteiger partial charge is 0.227 e. The van der Waals surface area contributed by atoms with Crippen LogP contribution >= 0.6 is 0 Å². The molecule has 2 heterocycles. The lowest BCUT2D eigenvalue weighted by Gasteiger charge is -2.27. The van der Waals surface area contributed by atoms with Crippen molar-refractivity contribution in [3.8, 4) is 0 Å². The topological polar surface area (TPSA) is 46.3 Å². The van der Waals surface area contributed by atoms with Crippen LogP contribution in [0.2, 0.25) is 0 Å². The Labute approximate surface area is 114 Å². The van der Waals surface area contributed by atoms with Crippen LogP contribution in [0.25, 0.3) is 0 Å². The van der Waals surface area contributed by atoms with Crippen LogP contribution in [0, 0.1) is 5.92 Å². The second kappa shape index (κ2) is 4.64. The van der Waals surface area contributed by atoms with Gasteiger partial charge in [0.1, 0.15) is 0 Å². The van der Waals surface area contributed by atoms with Gasteiger partial charge in [0, 0.05) is 13.0 Å². The van der Waals surface area contributed by atoms with Gasteiger partial charge in [-0.1, -0.05) is 26.0 Å². The highest BCUT2D eigenvalue weighted by atomic mass is 16.2. The van der Waals surface area contributed by atoms with E-state index in [9.17, 15) is 4.79 Å². The molecule has 19 heavy (non-hydrogen) atoms. The number of nitrogens with zero attached hydrogens (tertiary/aromatic N) is 1. The van der Waals surface area contributed by atoms with Crippen LogP contribution in [0.5, 0.6) is 0 Å². The zero-order chi connectivity index (χ0) is 13.6. The highest BCUT2D eigenvalue weighted by Gasteiger charge is 2.32. The van der Waals surface area contributed by atoms with Crippen LogP contribution in [0.3, 0.4) is 0 Å². The molecule has 3 rings (SSSR count). The average Bonchev–Trinajstić information content (AvgIpc) is 2.79. The third-order valence-corrected chi connectivity index (χ3v) is 4.56. The first kappa shape index (κ1) is 12.7. The molecule has 2 N–H and O–H groups in total. The van der Waals surface area contributed by atoms with Crippen molar-refractivity contribution < 1.29 is 4.79 Å². The van der Waals surface area contributed by atoms with Crippen molar-refractivity contribution in [1.29, 1.82) is 0 Å². The zero-order valence-corrected chi connectivity index (χ0v) is 11.8. The van der Waals surface area contributed by atoms with Crippen molar-refractivity contribution in [2.75, 3.05) is 18.0 Å². The van der Waals surface area contributed by atoms with E-state index < -0.39 is 0 Å². The summed E-state index contributed by atoms with van der Waals surface area (Å²) in [6, 6.07) is 4.58.